The Hall–Kier alpha value is -1.65. The van der Waals surface area contributed by atoms with Gasteiger partial charge in [-0.3, -0.25) is 0 Å². The van der Waals surface area contributed by atoms with Crippen molar-refractivity contribution in [1.82, 2.24) is 0 Å². The minimum absolute atomic E-state index is 0.0381. The van der Waals surface area contributed by atoms with Crippen LogP contribution in [0.4, 0.5) is 0 Å². The van der Waals surface area contributed by atoms with Gasteiger partial charge in [0.05, 0.1) is 19.8 Å². The average Bonchev–Trinajstić information content (AvgIpc) is 2.59. The Balaban J connectivity index is 2.37. The number of methoxy groups -OCH3 is 2. The van der Waals surface area contributed by atoms with Gasteiger partial charge >= 0.3 is 0 Å². The lowest BCUT2D eigenvalue weighted by Gasteiger charge is -2.19. The van der Waals surface area contributed by atoms with E-state index in [1.165, 1.54) is 0 Å². The van der Waals surface area contributed by atoms with Gasteiger partial charge in [-0.1, -0.05) is 24.3 Å². The molecule has 5 heteroatoms. The van der Waals surface area contributed by atoms with E-state index in [2.05, 4.69) is 0 Å². The molecule has 2 aromatic carbocycles. The second-order valence-electron chi connectivity index (χ2n) is 5.03. The highest BCUT2D eigenvalue weighted by atomic mass is 35.5. The van der Waals surface area contributed by atoms with Crippen molar-refractivity contribution in [2.24, 2.45) is 0 Å². The van der Waals surface area contributed by atoms with Crippen LogP contribution in [0.3, 0.4) is 0 Å². The van der Waals surface area contributed by atoms with Crippen LogP contribution in [-0.4, -0.2) is 39.4 Å². The number of halogens is 1. The van der Waals surface area contributed by atoms with Crippen molar-refractivity contribution in [2.45, 2.75) is 19.4 Å². The summed E-state index contributed by atoms with van der Waals surface area (Å²) in [5.41, 5.74) is 0. The van der Waals surface area contributed by atoms with Gasteiger partial charge < -0.3 is 18.9 Å². The van der Waals surface area contributed by atoms with Gasteiger partial charge in [0.2, 0.25) is 0 Å². The van der Waals surface area contributed by atoms with Crippen molar-refractivity contribution in [3.8, 4) is 17.2 Å². The van der Waals surface area contributed by atoms with Gasteiger partial charge in [-0.2, -0.15) is 0 Å². The van der Waals surface area contributed by atoms with Crippen LogP contribution in [-0.2, 0) is 4.74 Å². The summed E-state index contributed by atoms with van der Waals surface area (Å²) in [7, 11) is 3.29. The highest BCUT2D eigenvalue weighted by Gasteiger charge is 2.16. The molecule has 0 N–H and O–H groups in total. The largest absolute Gasteiger partial charge is 0.493 e. The first-order valence-electron chi connectivity index (χ1n) is 7.69. The van der Waals surface area contributed by atoms with Crippen LogP contribution in [0.5, 0.6) is 17.2 Å². The van der Waals surface area contributed by atoms with E-state index in [4.69, 9.17) is 30.5 Å². The molecule has 0 aliphatic heterocycles. The van der Waals surface area contributed by atoms with E-state index in [-0.39, 0.29) is 6.10 Å². The third kappa shape index (κ3) is 4.21. The number of benzene rings is 2. The second kappa shape index (κ2) is 8.85. The molecule has 0 fully saturated rings. The molecule has 0 aromatic heterocycles. The molecule has 0 saturated heterocycles. The lowest BCUT2D eigenvalue weighted by molar-refractivity contribution is 0.0566. The molecule has 0 heterocycles. The van der Waals surface area contributed by atoms with Crippen molar-refractivity contribution in [3.63, 3.8) is 0 Å². The van der Waals surface area contributed by atoms with Crippen molar-refractivity contribution in [2.75, 3.05) is 33.3 Å². The summed E-state index contributed by atoms with van der Waals surface area (Å²) in [6, 6.07) is 9.82. The van der Waals surface area contributed by atoms with Gasteiger partial charge in [0.15, 0.2) is 11.5 Å². The summed E-state index contributed by atoms with van der Waals surface area (Å²) in [5, 5.41) is 1.95. The van der Waals surface area contributed by atoms with E-state index >= 15 is 0 Å². The van der Waals surface area contributed by atoms with Gasteiger partial charge in [-0.25, -0.2) is 0 Å². The monoisotopic (exact) mass is 338 g/mol. The molecule has 0 bridgehead atoms. The van der Waals surface area contributed by atoms with E-state index in [1.54, 1.807) is 14.2 Å². The zero-order valence-corrected chi connectivity index (χ0v) is 14.6. The Morgan fingerprint density at radius 1 is 1.04 bits per heavy atom. The van der Waals surface area contributed by atoms with Gasteiger partial charge in [-0.05, 0) is 13.3 Å². The van der Waals surface area contributed by atoms with Crippen molar-refractivity contribution in [3.05, 3.63) is 30.3 Å². The maximum Gasteiger partial charge on any atom is 0.169 e. The standard InChI is InChI=1S/C18H23ClO4/c1-4-22-18-15-8-6-5-7-14(15)16(11-17(18)21-3)23-12-13(20-2)9-10-19/h5-8,11,13H,4,9-10,12H2,1-3H3. The molecule has 0 spiro atoms. The predicted molar refractivity (Wildman–Crippen MR) is 93.3 cm³/mol. The fourth-order valence-corrected chi connectivity index (χ4v) is 2.67. The zero-order valence-electron chi connectivity index (χ0n) is 13.8. The fourth-order valence-electron chi connectivity index (χ4n) is 2.43. The highest BCUT2D eigenvalue weighted by molar-refractivity contribution is 6.17. The molecule has 0 radical (unpaired) electrons. The first kappa shape index (κ1) is 17.7. The lowest BCUT2D eigenvalue weighted by Crippen LogP contribution is -2.20. The quantitative estimate of drug-likeness (QED) is 0.640. The van der Waals surface area contributed by atoms with Crippen LogP contribution in [0.15, 0.2) is 30.3 Å². The summed E-state index contributed by atoms with van der Waals surface area (Å²) in [6.07, 6.45) is 0.702. The van der Waals surface area contributed by atoms with Crippen LogP contribution in [0.2, 0.25) is 0 Å². The van der Waals surface area contributed by atoms with Crippen molar-refractivity contribution >= 4 is 22.4 Å². The molecule has 2 aromatic rings. The van der Waals surface area contributed by atoms with Crippen LogP contribution in [0, 0.1) is 0 Å². The molecule has 4 nitrogen and oxygen atoms in total. The number of ether oxygens (including phenoxy) is 4. The molecule has 0 aliphatic rings. The number of rotatable bonds is 9. The smallest absolute Gasteiger partial charge is 0.169 e. The van der Waals surface area contributed by atoms with E-state index < -0.39 is 0 Å². The van der Waals surface area contributed by atoms with Crippen LogP contribution >= 0.6 is 11.6 Å². The van der Waals surface area contributed by atoms with E-state index in [0.717, 1.165) is 28.7 Å². The van der Waals surface area contributed by atoms with Gasteiger partial charge in [0.1, 0.15) is 12.4 Å². The molecule has 0 aliphatic carbocycles. The molecule has 1 unspecified atom stereocenters. The summed E-state index contributed by atoms with van der Waals surface area (Å²) in [5.74, 6) is 2.68. The molecule has 23 heavy (non-hydrogen) atoms. The molecule has 0 saturated carbocycles. The minimum atomic E-state index is -0.0381. The Morgan fingerprint density at radius 3 is 2.39 bits per heavy atom. The van der Waals surface area contributed by atoms with Gasteiger partial charge in [0.25, 0.3) is 0 Å². The summed E-state index contributed by atoms with van der Waals surface area (Å²) in [6.45, 7) is 2.96. The summed E-state index contributed by atoms with van der Waals surface area (Å²) >= 11 is 5.78. The minimum Gasteiger partial charge on any atom is -0.493 e. The van der Waals surface area contributed by atoms with Crippen LogP contribution < -0.4 is 14.2 Å². The highest BCUT2D eigenvalue weighted by Crippen LogP contribution is 2.41. The Kier molecular flexibility index (Phi) is 6.81. The molecule has 1 atom stereocenters. The Morgan fingerprint density at radius 2 is 1.78 bits per heavy atom. The first-order chi connectivity index (χ1) is 11.2. The SMILES string of the molecule is CCOc1c(OC)cc(OCC(CCCl)OC)c2ccccc12. The van der Waals surface area contributed by atoms with Crippen LogP contribution in [0.1, 0.15) is 13.3 Å². The lowest BCUT2D eigenvalue weighted by atomic mass is 10.1. The van der Waals surface area contributed by atoms with Crippen LogP contribution in [0.25, 0.3) is 10.8 Å². The maximum atomic E-state index is 5.98. The number of fused-ring (bicyclic) bond motifs is 1. The Bertz CT molecular complexity index is 630. The topological polar surface area (TPSA) is 36.9 Å². The molecule has 0 amide bonds. The first-order valence-corrected chi connectivity index (χ1v) is 8.22. The third-order valence-corrected chi connectivity index (χ3v) is 3.84. The summed E-state index contributed by atoms with van der Waals surface area (Å²) in [4.78, 5) is 0. The Labute approximate surface area is 142 Å². The van der Waals surface area contributed by atoms with Gasteiger partial charge in [-0.15, -0.1) is 11.6 Å². The molecular weight excluding hydrogens is 316 g/mol. The molecule has 126 valence electrons. The molecular formula is C18H23ClO4. The van der Waals surface area contributed by atoms with Crippen molar-refractivity contribution in [1.29, 1.82) is 0 Å². The summed E-state index contributed by atoms with van der Waals surface area (Å²) < 4.78 is 22.6. The maximum absolute atomic E-state index is 5.98. The average molecular weight is 339 g/mol. The van der Waals surface area contributed by atoms with Gasteiger partial charge in [0, 0.05) is 29.8 Å². The van der Waals surface area contributed by atoms with E-state index in [9.17, 15) is 0 Å². The molecule has 2 rings (SSSR count). The second-order valence-corrected chi connectivity index (χ2v) is 5.41. The number of alkyl halides is 1. The fraction of sp³-hybridized carbons (Fsp3) is 0.444. The predicted octanol–water partition coefficient (Wildman–Crippen LogP) is 4.27. The normalized spacial score (nSPS) is 12.2. The zero-order chi connectivity index (χ0) is 16.7. The van der Waals surface area contributed by atoms with Crippen molar-refractivity contribution < 1.29 is 18.9 Å². The number of hydrogen-bond donors (Lipinski definition) is 0. The third-order valence-electron chi connectivity index (χ3n) is 3.62. The number of hydrogen-bond acceptors (Lipinski definition) is 4. The van der Waals surface area contributed by atoms with E-state index in [1.807, 2.05) is 37.3 Å². The van der Waals surface area contributed by atoms with E-state index in [0.29, 0.717) is 24.8 Å².